The summed E-state index contributed by atoms with van der Waals surface area (Å²) in [5.74, 6) is -0.150. The number of benzene rings is 1. The standard InChI is InChI=1S/C16H14N2O3S/c1-10-2-3-12-11(8-16(20)21-13(12)6-10)7-14(19)18-9-15-17-4-5-22-15/h2-6,8H,7,9H2,1H3,(H,18,19). The molecule has 0 radical (unpaired) electrons. The molecular formula is C16H14N2O3S. The van der Waals surface area contributed by atoms with Gasteiger partial charge in [-0.2, -0.15) is 0 Å². The monoisotopic (exact) mass is 314 g/mol. The number of aromatic nitrogens is 1. The molecule has 3 rings (SSSR count). The van der Waals surface area contributed by atoms with Crippen molar-refractivity contribution in [3.63, 3.8) is 0 Å². The largest absolute Gasteiger partial charge is 0.423 e. The number of hydrogen-bond donors (Lipinski definition) is 1. The van der Waals surface area contributed by atoms with E-state index in [1.165, 1.54) is 17.4 Å². The maximum absolute atomic E-state index is 12.1. The minimum absolute atomic E-state index is 0.135. The van der Waals surface area contributed by atoms with Crippen LogP contribution in [0.15, 0.2) is 45.1 Å². The van der Waals surface area contributed by atoms with Gasteiger partial charge in [0.1, 0.15) is 10.6 Å². The highest BCUT2D eigenvalue weighted by atomic mass is 32.1. The number of nitrogens with zero attached hydrogens (tertiary/aromatic N) is 1. The first-order chi connectivity index (χ1) is 10.6. The number of carbonyl (C=O) groups is 1. The van der Waals surface area contributed by atoms with Gasteiger partial charge in [0.05, 0.1) is 13.0 Å². The van der Waals surface area contributed by atoms with Crippen molar-refractivity contribution in [1.82, 2.24) is 10.3 Å². The molecule has 0 saturated carbocycles. The van der Waals surface area contributed by atoms with Crippen LogP contribution in [0, 0.1) is 6.92 Å². The molecule has 2 aromatic heterocycles. The predicted octanol–water partition coefficient (Wildman–Crippen LogP) is 2.42. The maximum atomic E-state index is 12.1. The van der Waals surface area contributed by atoms with Crippen molar-refractivity contribution >= 4 is 28.2 Å². The fraction of sp³-hybridized carbons (Fsp3) is 0.188. The molecule has 112 valence electrons. The number of amides is 1. The summed E-state index contributed by atoms with van der Waals surface area (Å²) in [6.07, 6.45) is 1.83. The molecule has 0 fully saturated rings. The third-order valence-corrected chi connectivity index (χ3v) is 4.04. The lowest BCUT2D eigenvalue weighted by atomic mass is 10.1. The Morgan fingerprint density at radius 1 is 1.36 bits per heavy atom. The van der Waals surface area contributed by atoms with E-state index >= 15 is 0 Å². The molecule has 0 aliphatic rings. The van der Waals surface area contributed by atoms with Crippen LogP contribution in [0.25, 0.3) is 11.0 Å². The summed E-state index contributed by atoms with van der Waals surface area (Å²) in [5, 5.41) is 6.30. The van der Waals surface area contributed by atoms with E-state index in [2.05, 4.69) is 10.3 Å². The molecule has 0 aliphatic carbocycles. The number of carbonyl (C=O) groups excluding carboxylic acids is 1. The van der Waals surface area contributed by atoms with Crippen molar-refractivity contribution in [2.24, 2.45) is 0 Å². The zero-order valence-electron chi connectivity index (χ0n) is 12.0. The molecule has 0 unspecified atom stereocenters. The fourth-order valence-electron chi connectivity index (χ4n) is 2.23. The van der Waals surface area contributed by atoms with Crippen molar-refractivity contribution in [2.75, 3.05) is 0 Å². The minimum Gasteiger partial charge on any atom is -0.423 e. The quantitative estimate of drug-likeness (QED) is 0.751. The van der Waals surface area contributed by atoms with Gasteiger partial charge in [-0.05, 0) is 24.1 Å². The topological polar surface area (TPSA) is 72.2 Å². The van der Waals surface area contributed by atoms with Crippen LogP contribution >= 0.6 is 11.3 Å². The van der Waals surface area contributed by atoms with Gasteiger partial charge in [0.25, 0.3) is 0 Å². The number of fused-ring (bicyclic) bond motifs is 1. The normalized spacial score (nSPS) is 10.8. The van der Waals surface area contributed by atoms with Gasteiger partial charge in [-0.15, -0.1) is 11.3 Å². The second-order valence-corrected chi connectivity index (χ2v) is 5.95. The van der Waals surface area contributed by atoms with E-state index in [4.69, 9.17) is 4.42 Å². The summed E-state index contributed by atoms with van der Waals surface area (Å²) in [5.41, 5.74) is 1.74. The van der Waals surface area contributed by atoms with E-state index in [-0.39, 0.29) is 12.3 Å². The molecule has 2 heterocycles. The summed E-state index contributed by atoms with van der Waals surface area (Å²) in [6.45, 7) is 2.32. The Kier molecular flexibility index (Phi) is 4.02. The Morgan fingerprint density at radius 3 is 3.00 bits per heavy atom. The van der Waals surface area contributed by atoms with E-state index in [9.17, 15) is 9.59 Å². The van der Waals surface area contributed by atoms with Gasteiger partial charge in [0.15, 0.2) is 0 Å². The summed E-state index contributed by atoms with van der Waals surface area (Å²) >= 11 is 1.49. The number of hydrogen-bond acceptors (Lipinski definition) is 5. The van der Waals surface area contributed by atoms with E-state index in [1.807, 2.05) is 24.4 Å². The zero-order chi connectivity index (χ0) is 15.5. The van der Waals surface area contributed by atoms with Crippen LogP contribution < -0.4 is 10.9 Å². The van der Waals surface area contributed by atoms with E-state index in [0.717, 1.165) is 16.0 Å². The average molecular weight is 314 g/mol. The summed E-state index contributed by atoms with van der Waals surface area (Å²) in [4.78, 5) is 27.8. The Labute approximate surface area is 130 Å². The highest BCUT2D eigenvalue weighted by molar-refractivity contribution is 7.09. The lowest BCUT2D eigenvalue weighted by molar-refractivity contribution is -0.120. The lowest BCUT2D eigenvalue weighted by Crippen LogP contribution is -2.25. The Morgan fingerprint density at radius 2 is 2.23 bits per heavy atom. The molecule has 5 nitrogen and oxygen atoms in total. The van der Waals surface area contributed by atoms with E-state index < -0.39 is 5.63 Å². The van der Waals surface area contributed by atoms with Crippen LogP contribution in [0.5, 0.6) is 0 Å². The number of thiazole rings is 1. The Bertz CT molecular complexity index is 869. The van der Waals surface area contributed by atoms with Gasteiger partial charge in [-0.3, -0.25) is 4.79 Å². The van der Waals surface area contributed by atoms with Gasteiger partial charge in [0.2, 0.25) is 5.91 Å². The second kappa shape index (κ2) is 6.11. The third kappa shape index (κ3) is 3.23. The molecule has 0 spiro atoms. The summed E-state index contributed by atoms with van der Waals surface area (Å²) in [6, 6.07) is 6.98. The lowest BCUT2D eigenvalue weighted by Gasteiger charge is -2.06. The number of nitrogens with one attached hydrogen (secondary N) is 1. The summed E-state index contributed by atoms with van der Waals surface area (Å²) < 4.78 is 5.19. The van der Waals surface area contributed by atoms with Gasteiger partial charge < -0.3 is 9.73 Å². The zero-order valence-corrected chi connectivity index (χ0v) is 12.8. The molecule has 1 amide bonds. The molecule has 0 saturated heterocycles. The molecular weight excluding hydrogens is 300 g/mol. The first-order valence-corrected chi connectivity index (χ1v) is 7.68. The van der Waals surface area contributed by atoms with Gasteiger partial charge in [0, 0.05) is 23.0 Å². The molecule has 1 N–H and O–H groups in total. The van der Waals surface area contributed by atoms with Crippen LogP contribution in [-0.4, -0.2) is 10.9 Å². The van der Waals surface area contributed by atoms with Crippen LogP contribution in [0.3, 0.4) is 0 Å². The smallest absolute Gasteiger partial charge is 0.336 e. The molecule has 0 aliphatic heterocycles. The third-order valence-electron chi connectivity index (χ3n) is 3.26. The molecule has 3 aromatic rings. The Balaban J connectivity index is 1.81. The SMILES string of the molecule is Cc1ccc2c(CC(=O)NCc3nccs3)cc(=O)oc2c1. The van der Waals surface area contributed by atoms with Crippen molar-refractivity contribution in [3.05, 3.63) is 62.4 Å². The van der Waals surface area contributed by atoms with Gasteiger partial charge >= 0.3 is 5.63 Å². The van der Waals surface area contributed by atoms with Crippen LogP contribution in [-0.2, 0) is 17.8 Å². The van der Waals surface area contributed by atoms with Crippen LogP contribution in [0.4, 0.5) is 0 Å². The second-order valence-electron chi connectivity index (χ2n) is 4.97. The van der Waals surface area contributed by atoms with Gasteiger partial charge in [-0.25, -0.2) is 9.78 Å². The highest BCUT2D eigenvalue weighted by Crippen LogP contribution is 2.19. The van der Waals surface area contributed by atoms with E-state index in [1.54, 1.807) is 12.3 Å². The predicted molar refractivity (Wildman–Crippen MR) is 84.9 cm³/mol. The molecule has 22 heavy (non-hydrogen) atoms. The number of rotatable bonds is 4. The van der Waals surface area contributed by atoms with Crippen molar-refractivity contribution in [3.8, 4) is 0 Å². The Hall–Kier alpha value is -2.47. The van der Waals surface area contributed by atoms with Crippen LogP contribution in [0.1, 0.15) is 16.1 Å². The molecule has 0 bridgehead atoms. The average Bonchev–Trinajstić information content (AvgIpc) is 2.97. The maximum Gasteiger partial charge on any atom is 0.336 e. The highest BCUT2D eigenvalue weighted by Gasteiger charge is 2.10. The van der Waals surface area contributed by atoms with Gasteiger partial charge in [-0.1, -0.05) is 12.1 Å². The van der Waals surface area contributed by atoms with Crippen molar-refractivity contribution in [1.29, 1.82) is 0 Å². The first-order valence-electron chi connectivity index (χ1n) is 6.80. The van der Waals surface area contributed by atoms with Crippen molar-refractivity contribution in [2.45, 2.75) is 19.9 Å². The summed E-state index contributed by atoms with van der Waals surface area (Å²) in [7, 11) is 0. The molecule has 1 aromatic carbocycles. The van der Waals surface area contributed by atoms with Crippen LogP contribution in [0.2, 0.25) is 0 Å². The fourth-order valence-corrected chi connectivity index (χ4v) is 2.79. The van der Waals surface area contributed by atoms with E-state index in [0.29, 0.717) is 17.7 Å². The molecule has 0 atom stereocenters. The van der Waals surface area contributed by atoms with Crippen molar-refractivity contribution < 1.29 is 9.21 Å². The number of aryl methyl sites for hydroxylation is 1. The first kappa shape index (κ1) is 14.5. The molecule has 6 heteroatoms. The minimum atomic E-state index is -0.444.